The van der Waals surface area contributed by atoms with Gasteiger partial charge in [0, 0.05) is 18.8 Å². The third-order valence-electron chi connectivity index (χ3n) is 3.80. The second-order valence-electron chi connectivity index (χ2n) is 5.09. The molecule has 2 heterocycles. The first-order chi connectivity index (χ1) is 8.59. The number of hydrogen-bond acceptors (Lipinski definition) is 3. The molecule has 0 saturated heterocycles. The molecular weight excluding hydrogens is 226 g/mol. The topological polar surface area (TPSA) is 53.1 Å². The molecule has 0 aliphatic carbocycles. The lowest BCUT2D eigenvalue weighted by atomic mass is 9.96. The summed E-state index contributed by atoms with van der Waals surface area (Å²) in [7, 11) is 1.99. The highest BCUT2D eigenvalue weighted by Gasteiger charge is 2.15. The molecule has 1 aromatic rings. The van der Waals surface area contributed by atoms with Crippen LogP contribution in [0.2, 0.25) is 0 Å². The third-order valence-corrected chi connectivity index (χ3v) is 3.80. The van der Waals surface area contributed by atoms with Gasteiger partial charge < -0.3 is 10.5 Å². The van der Waals surface area contributed by atoms with Crippen LogP contribution in [0.15, 0.2) is 11.8 Å². The maximum absolute atomic E-state index is 6.23. The van der Waals surface area contributed by atoms with E-state index >= 15 is 0 Å². The Kier molecular flexibility index (Phi) is 4.07. The molecule has 0 bridgehead atoms. The number of nitrogens with zero attached hydrogens (tertiary/aromatic N) is 2. The number of aromatic nitrogens is 2. The highest BCUT2D eigenvalue weighted by Crippen LogP contribution is 2.20. The van der Waals surface area contributed by atoms with Crippen LogP contribution in [0.4, 0.5) is 0 Å². The van der Waals surface area contributed by atoms with E-state index in [1.165, 1.54) is 16.8 Å². The molecule has 4 nitrogen and oxygen atoms in total. The predicted octanol–water partition coefficient (Wildman–Crippen LogP) is 1.99. The molecule has 18 heavy (non-hydrogen) atoms. The smallest absolute Gasteiger partial charge is 0.0876 e. The lowest BCUT2D eigenvalue weighted by Crippen LogP contribution is -2.25. The van der Waals surface area contributed by atoms with E-state index in [9.17, 15) is 0 Å². The fourth-order valence-corrected chi connectivity index (χ4v) is 2.52. The van der Waals surface area contributed by atoms with Gasteiger partial charge in [-0.25, -0.2) is 0 Å². The Hall–Kier alpha value is -1.29. The van der Waals surface area contributed by atoms with Crippen LogP contribution in [-0.2, 0) is 18.2 Å². The average molecular weight is 249 g/mol. The molecule has 1 aliphatic heterocycles. The zero-order valence-electron chi connectivity index (χ0n) is 11.6. The Balaban J connectivity index is 1.96. The minimum atomic E-state index is 0.115. The summed E-state index contributed by atoms with van der Waals surface area (Å²) in [6.45, 7) is 5.01. The van der Waals surface area contributed by atoms with Crippen molar-refractivity contribution in [2.24, 2.45) is 12.8 Å². The zero-order valence-corrected chi connectivity index (χ0v) is 11.6. The van der Waals surface area contributed by atoms with Crippen molar-refractivity contribution in [3.63, 3.8) is 0 Å². The Morgan fingerprint density at radius 2 is 2.28 bits per heavy atom. The van der Waals surface area contributed by atoms with E-state index in [1.807, 2.05) is 18.0 Å². The van der Waals surface area contributed by atoms with Gasteiger partial charge in [0.25, 0.3) is 0 Å². The van der Waals surface area contributed by atoms with Crippen LogP contribution in [-0.4, -0.2) is 22.4 Å². The van der Waals surface area contributed by atoms with Gasteiger partial charge in [-0.3, -0.25) is 4.68 Å². The van der Waals surface area contributed by atoms with Gasteiger partial charge in [-0.05, 0) is 50.7 Å². The highest BCUT2D eigenvalue weighted by atomic mass is 16.5. The van der Waals surface area contributed by atoms with Crippen LogP contribution in [0.1, 0.15) is 36.2 Å². The van der Waals surface area contributed by atoms with Crippen molar-refractivity contribution in [3.8, 4) is 0 Å². The van der Waals surface area contributed by atoms with E-state index in [0.29, 0.717) is 0 Å². The Labute approximate surface area is 109 Å². The lowest BCUT2D eigenvalue weighted by molar-refractivity contribution is 0.221. The third kappa shape index (κ3) is 2.75. The standard InChI is InChI=1S/C14H23N3O/c1-10-13(11(2)17(3)16-10)6-7-14(15)12-5-4-8-18-9-12/h9,14H,4-8,15H2,1-3H3. The maximum Gasteiger partial charge on any atom is 0.0876 e. The Morgan fingerprint density at radius 1 is 1.50 bits per heavy atom. The quantitative estimate of drug-likeness (QED) is 0.888. The van der Waals surface area contributed by atoms with Gasteiger partial charge in [0.05, 0.1) is 18.6 Å². The molecule has 1 unspecified atom stereocenters. The van der Waals surface area contributed by atoms with Gasteiger partial charge >= 0.3 is 0 Å². The summed E-state index contributed by atoms with van der Waals surface area (Å²) in [5, 5.41) is 4.44. The maximum atomic E-state index is 6.23. The van der Waals surface area contributed by atoms with Crippen LogP contribution >= 0.6 is 0 Å². The molecular formula is C14H23N3O. The summed E-state index contributed by atoms with van der Waals surface area (Å²) in [4.78, 5) is 0. The fraction of sp³-hybridized carbons (Fsp3) is 0.643. The minimum Gasteiger partial charge on any atom is -0.501 e. The number of aryl methyl sites for hydroxylation is 2. The molecule has 100 valence electrons. The number of nitrogens with two attached hydrogens (primary N) is 1. The zero-order chi connectivity index (χ0) is 13.1. The fourth-order valence-electron chi connectivity index (χ4n) is 2.52. The van der Waals surface area contributed by atoms with Crippen LogP contribution in [0, 0.1) is 13.8 Å². The molecule has 4 heteroatoms. The molecule has 0 radical (unpaired) electrons. The van der Waals surface area contributed by atoms with Crippen molar-refractivity contribution in [2.75, 3.05) is 6.61 Å². The van der Waals surface area contributed by atoms with Gasteiger partial charge in [-0.15, -0.1) is 0 Å². The van der Waals surface area contributed by atoms with Crippen LogP contribution < -0.4 is 5.73 Å². The summed E-state index contributed by atoms with van der Waals surface area (Å²) in [6, 6.07) is 0.115. The van der Waals surface area contributed by atoms with Crippen molar-refractivity contribution < 1.29 is 4.74 Å². The molecule has 2 rings (SSSR count). The van der Waals surface area contributed by atoms with Crippen LogP contribution in [0.5, 0.6) is 0 Å². The molecule has 2 N–H and O–H groups in total. The molecule has 1 atom stereocenters. The monoisotopic (exact) mass is 249 g/mol. The first-order valence-electron chi connectivity index (χ1n) is 6.64. The van der Waals surface area contributed by atoms with Gasteiger partial charge in [-0.2, -0.15) is 5.10 Å². The largest absolute Gasteiger partial charge is 0.501 e. The summed E-state index contributed by atoms with van der Waals surface area (Å²) >= 11 is 0. The molecule has 0 fully saturated rings. The SMILES string of the molecule is Cc1nn(C)c(C)c1CCC(N)C1=COCCC1. The number of rotatable bonds is 4. The predicted molar refractivity (Wildman–Crippen MR) is 72.2 cm³/mol. The van der Waals surface area contributed by atoms with Crippen LogP contribution in [0.25, 0.3) is 0 Å². The second-order valence-corrected chi connectivity index (χ2v) is 5.09. The van der Waals surface area contributed by atoms with Gasteiger partial charge in [0.1, 0.15) is 0 Å². The number of hydrogen-bond donors (Lipinski definition) is 1. The van der Waals surface area contributed by atoms with Crippen molar-refractivity contribution in [2.45, 2.75) is 45.6 Å². The summed E-state index contributed by atoms with van der Waals surface area (Å²) < 4.78 is 7.29. The average Bonchev–Trinajstić information content (AvgIpc) is 2.62. The van der Waals surface area contributed by atoms with E-state index in [4.69, 9.17) is 10.5 Å². The lowest BCUT2D eigenvalue weighted by Gasteiger charge is -2.19. The van der Waals surface area contributed by atoms with Crippen molar-refractivity contribution >= 4 is 0 Å². The minimum absolute atomic E-state index is 0.115. The molecule has 0 amide bonds. The van der Waals surface area contributed by atoms with Crippen molar-refractivity contribution in [3.05, 3.63) is 28.8 Å². The first-order valence-corrected chi connectivity index (χ1v) is 6.64. The van der Waals surface area contributed by atoms with Crippen LogP contribution in [0.3, 0.4) is 0 Å². The molecule has 0 saturated carbocycles. The Bertz CT molecular complexity index is 448. The van der Waals surface area contributed by atoms with Gasteiger partial charge in [-0.1, -0.05) is 0 Å². The Morgan fingerprint density at radius 3 is 2.83 bits per heavy atom. The molecule has 1 aromatic heterocycles. The number of ether oxygens (including phenoxy) is 1. The van der Waals surface area contributed by atoms with E-state index in [2.05, 4.69) is 18.9 Å². The molecule has 0 spiro atoms. The highest BCUT2D eigenvalue weighted by molar-refractivity contribution is 5.25. The summed E-state index contributed by atoms with van der Waals surface area (Å²) in [6.07, 6.45) is 5.97. The second kappa shape index (κ2) is 5.57. The molecule has 0 aromatic carbocycles. The van der Waals surface area contributed by atoms with E-state index in [-0.39, 0.29) is 6.04 Å². The van der Waals surface area contributed by atoms with Gasteiger partial charge in [0.15, 0.2) is 0 Å². The summed E-state index contributed by atoms with van der Waals surface area (Å²) in [5.41, 5.74) is 11.2. The van der Waals surface area contributed by atoms with E-state index in [0.717, 1.165) is 38.0 Å². The van der Waals surface area contributed by atoms with Crippen molar-refractivity contribution in [1.82, 2.24) is 9.78 Å². The normalized spacial score (nSPS) is 17.2. The summed E-state index contributed by atoms with van der Waals surface area (Å²) in [5.74, 6) is 0. The van der Waals surface area contributed by atoms with E-state index in [1.54, 1.807) is 0 Å². The first kappa shape index (κ1) is 13.1. The van der Waals surface area contributed by atoms with Gasteiger partial charge in [0.2, 0.25) is 0 Å². The van der Waals surface area contributed by atoms with E-state index < -0.39 is 0 Å². The van der Waals surface area contributed by atoms with Crippen molar-refractivity contribution in [1.29, 1.82) is 0 Å². The molecule has 1 aliphatic rings.